The maximum absolute atomic E-state index is 11.4. The number of aliphatic imine (C=N–C) groups is 1. The van der Waals surface area contributed by atoms with Crippen LogP contribution in [0.15, 0.2) is 17.1 Å². The Hall–Kier alpha value is -1.50. The highest BCUT2D eigenvalue weighted by Gasteiger charge is 2.27. The Kier molecular flexibility index (Phi) is 6.95. The van der Waals surface area contributed by atoms with Crippen LogP contribution in [0.25, 0.3) is 0 Å². The Bertz CT molecular complexity index is 486. The van der Waals surface area contributed by atoms with Gasteiger partial charge in [-0.25, -0.2) is 0 Å². The van der Waals surface area contributed by atoms with E-state index in [1.807, 2.05) is 0 Å². The lowest BCUT2D eigenvalue weighted by Crippen LogP contribution is -2.37. The van der Waals surface area contributed by atoms with Crippen LogP contribution in [0.5, 0.6) is 0 Å². The Labute approximate surface area is 140 Å². The number of aliphatic carboxylic acids is 2. The molecule has 2 aliphatic rings. The van der Waals surface area contributed by atoms with Gasteiger partial charge < -0.3 is 15.1 Å². The Morgan fingerprint density at radius 2 is 1.96 bits per heavy atom. The van der Waals surface area contributed by atoms with Crippen molar-refractivity contribution >= 4 is 28.9 Å². The van der Waals surface area contributed by atoms with Crippen LogP contribution in [-0.4, -0.2) is 56.6 Å². The number of likely N-dealkylation sites (tertiary alicyclic amines) is 1. The van der Waals surface area contributed by atoms with E-state index in [2.05, 4.69) is 17.1 Å². The van der Waals surface area contributed by atoms with Gasteiger partial charge in [0.2, 0.25) is 0 Å². The van der Waals surface area contributed by atoms with Crippen LogP contribution in [0.2, 0.25) is 0 Å². The topological polar surface area (TPSA) is 90.2 Å². The molecule has 2 atom stereocenters. The van der Waals surface area contributed by atoms with E-state index in [9.17, 15) is 14.7 Å². The molecule has 6 nitrogen and oxygen atoms in total. The van der Waals surface area contributed by atoms with E-state index in [0.29, 0.717) is 5.17 Å². The van der Waals surface area contributed by atoms with Crippen molar-refractivity contribution in [1.29, 1.82) is 0 Å². The van der Waals surface area contributed by atoms with Crippen molar-refractivity contribution in [2.75, 3.05) is 13.1 Å². The largest absolute Gasteiger partial charge is 0.481 e. The van der Waals surface area contributed by atoms with E-state index in [1.165, 1.54) is 6.42 Å². The average molecular weight is 340 g/mol. The van der Waals surface area contributed by atoms with Crippen LogP contribution in [0.4, 0.5) is 0 Å². The molecule has 0 aromatic rings. The number of carbonyl (C=O) groups is 2. The standard InChI is InChI=1S/C16H24N2O4S/c19-14(20)11-13(15(21)22)23-16(18-9-5-2-6-10-18)17-12-7-3-1-4-8-12/h1,3,12-13H,2,4-11H2,(H,19,20)(H,21,22)/t12-,13+/m1/s1. The van der Waals surface area contributed by atoms with Crippen LogP contribution < -0.4 is 0 Å². The molecule has 0 radical (unpaired) electrons. The van der Waals surface area contributed by atoms with E-state index in [4.69, 9.17) is 10.1 Å². The number of nitrogens with zero attached hydrogens (tertiary/aromatic N) is 2. The fourth-order valence-electron chi connectivity index (χ4n) is 2.79. The second-order valence-electron chi connectivity index (χ2n) is 5.94. The van der Waals surface area contributed by atoms with Gasteiger partial charge in [-0.05, 0) is 38.5 Å². The molecule has 1 fully saturated rings. The average Bonchev–Trinajstić information content (AvgIpc) is 2.54. The number of hydrogen-bond acceptors (Lipinski definition) is 4. The van der Waals surface area contributed by atoms with Gasteiger partial charge in [-0.2, -0.15) is 0 Å². The summed E-state index contributed by atoms with van der Waals surface area (Å²) in [4.78, 5) is 29.2. The monoisotopic (exact) mass is 340 g/mol. The minimum atomic E-state index is -1.09. The fourth-order valence-corrected chi connectivity index (χ4v) is 3.91. The molecule has 1 heterocycles. The third kappa shape index (κ3) is 5.89. The van der Waals surface area contributed by atoms with Gasteiger partial charge in [-0.1, -0.05) is 23.9 Å². The van der Waals surface area contributed by atoms with Crippen LogP contribution in [0.3, 0.4) is 0 Å². The number of carboxylic acids is 2. The molecule has 0 aromatic carbocycles. The first-order valence-corrected chi connectivity index (χ1v) is 9.03. The Balaban J connectivity index is 2.13. The molecule has 0 spiro atoms. The van der Waals surface area contributed by atoms with Crippen LogP contribution >= 0.6 is 11.8 Å². The van der Waals surface area contributed by atoms with Crippen molar-refractivity contribution in [2.24, 2.45) is 4.99 Å². The molecule has 0 aromatic heterocycles. The van der Waals surface area contributed by atoms with Crippen LogP contribution in [0, 0.1) is 0 Å². The molecule has 1 aliphatic carbocycles. The van der Waals surface area contributed by atoms with Crippen LogP contribution in [0.1, 0.15) is 44.9 Å². The van der Waals surface area contributed by atoms with Gasteiger partial charge in [-0.15, -0.1) is 0 Å². The van der Waals surface area contributed by atoms with Crippen molar-refractivity contribution in [3.63, 3.8) is 0 Å². The second-order valence-corrected chi connectivity index (χ2v) is 7.11. The van der Waals surface area contributed by atoms with Crippen molar-refractivity contribution in [1.82, 2.24) is 4.90 Å². The molecule has 1 aliphatic heterocycles. The first-order chi connectivity index (χ1) is 11.1. The quantitative estimate of drug-likeness (QED) is 0.454. The SMILES string of the molecule is O=C(O)C[C@H](SC(=N[C@@H]1CC=CCC1)N1CCCCC1)C(=O)O. The molecule has 23 heavy (non-hydrogen) atoms. The zero-order valence-electron chi connectivity index (χ0n) is 13.2. The molecule has 0 amide bonds. The van der Waals surface area contributed by atoms with Gasteiger partial charge in [0.1, 0.15) is 5.25 Å². The highest BCUT2D eigenvalue weighted by molar-refractivity contribution is 8.14. The molecule has 0 saturated carbocycles. The lowest BCUT2D eigenvalue weighted by Gasteiger charge is -2.31. The molecule has 7 heteroatoms. The minimum absolute atomic E-state index is 0.170. The summed E-state index contributed by atoms with van der Waals surface area (Å²) in [5.74, 6) is -2.19. The summed E-state index contributed by atoms with van der Waals surface area (Å²) in [6.07, 6.45) is 10.0. The van der Waals surface area contributed by atoms with Gasteiger partial charge in [0.05, 0.1) is 12.5 Å². The summed E-state index contributed by atoms with van der Waals surface area (Å²) in [5.41, 5.74) is 0. The van der Waals surface area contributed by atoms with E-state index in [0.717, 1.165) is 57.0 Å². The molecule has 128 valence electrons. The second kappa shape index (κ2) is 8.96. The highest BCUT2D eigenvalue weighted by atomic mass is 32.2. The van der Waals surface area contributed by atoms with E-state index in [1.54, 1.807) is 0 Å². The smallest absolute Gasteiger partial charge is 0.317 e. The zero-order chi connectivity index (χ0) is 16.7. The number of carboxylic acid groups (broad SMARTS) is 2. The van der Waals surface area contributed by atoms with E-state index >= 15 is 0 Å². The normalized spacial score (nSPS) is 23.6. The lowest BCUT2D eigenvalue weighted by molar-refractivity contribution is -0.142. The molecule has 2 N–H and O–H groups in total. The Morgan fingerprint density at radius 3 is 2.52 bits per heavy atom. The number of piperidine rings is 1. The maximum Gasteiger partial charge on any atom is 0.317 e. The molecule has 0 bridgehead atoms. The third-order valence-electron chi connectivity index (χ3n) is 4.04. The summed E-state index contributed by atoms with van der Waals surface area (Å²) in [7, 11) is 0. The summed E-state index contributed by atoms with van der Waals surface area (Å²) in [6, 6.07) is 0.170. The number of rotatable bonds is 5. The Morgan fingerprint density at radius 1 is 1.22 bits per heavy atom. The first-order valence-electron chi connectivity index (χ1n) is 8.15. The van der Waals surface area contributed by atoms with Gasteiger partial charge in [0.25, 0.3) is 0 Å². The summed E-state index contributed by atoms with van der Waals surface area (Å²) < 4.78 is 0. The molecular weight excluding hydrogens is 316 g/mol. The third-order valence-corrected chi connectivity index (χ3v) is 5.27. The summed E-state index contributed by atoms with van der Waals surface area (Å²) in [6.45, 7) is 1.74. The van der Waals surface area contributed by atoms with Gasteiger partial charge in [-0.3, -0.25) is 14.6 Å². The number of allylic oxidation sites excluding steroid dienone is 1. The molecule has 1 saturated heterocycles. The fraction of sp³-hybridized carbons (Fsp3) is 0.688. The molecule has 2 rings (SSSR count). The van der Waals surface area contributed by atoms with E-state index < -0.39 is 23.6 Å². The summed E-state index contributed by atoms with van der Waals surface area (Å²) >= 11 is 1.10. The van der Waals surface area contributed by atoms with Crippen LogP contribution in [-0.2, 0) is 9.59 Å². The predicted molar refractivity (Wildman–Crippen MR) is 90.9 cm³/mol. The maximum atomic E-state index is 11.4. The van der Waals surface area contributed by atoms with E-state index in [-0.39, 0.29) is 6.04 Å². The minimum Gasteiger partial charge on any atom is -0.481 e. The summed E-state index contributed by atoms with van der Waals surface area (Å²) in [5, 5.41) is 18.0. The van der Waals surface area contributed by atoms with Crippen molar-refractivity contribution < 1.29 is 19.8 Å². The van der Waals surface area contributed by atoms with Gasteiger partial charge >= 0.3 is 11.9 Å². The highest BCUT2D eigenvalue weighted by Crippen LogP contribution is 2.25. The van der Waals surface area contributed by atoms with Gasteiger partial charge in [0.15, 0.2) is 5.17 Å². The lowest BCUT2D eigenvalue weighted by atomic mass is 10.0. The zero-order valence-corrected chi connectivity index (χ0v) is 14.0. The van der Waals surface area contributed by atoms with Gasteiger partial charge in [0, 0.05) is 13.1 Å². The number of amidine groups is 1. The van der Waals surface area contributed by atoms with Crippen molar-refractivity contribution in [3.05, 3.63) is 12.2 Å². The van der Waals surface area contributed by atoms with Crippen molar-refractivity contribution in [3.8, 4) is 0 Å². The first kappa shape index (κ1) is 17.8. The number of hydrogen-bond donors (Lipinski definition) is 2. The molecular formula is C16H24N2O4S. The predicted octanol–water partition coefficient (Wildman–Crippen LogP) is 2.60. The van der Waals surface area contributed by atoms with Crippen molar-refractivity contribution in [2.45, 2.75) is 56.2 Å². The molecule has 0 unspecified atom stereocenters. The number of thioether (sulfide) groups is 1.